The van der Waals surface area contributed by atoms with Gasteiger partial charge in [-0.05, 0) is 54.0 Å². The fourth-order valence-electron chi connectivity index (χ4n) is 2.77. The highest BCUT2D eigenvalue weighted by Gasteiger charge is 2.20. The van der Waals surface area contributed by atoms with Crippen LogP contribution in [0.15, 0.2) is 35.7 Å². The van der Waals surface area contributed by atoms with Crippen molar-refractivity contribution in [2.45, 2.75) is 31.8 Å². The Balaban J connectivity index is 1.74. The van der Waals surface area contributed by atoms with Gasteiger partial charge in [0.1, 0.15) is 5.75 Å². The summed E-state index contributed by atoms with van der Waals surface area (Å²) in [6.45, 7) is 0.966. The Bertz CT molecular complexity index is 536. The number of aryl methyl sites for hydroxylation is 1. The molecule has 1 unspecified atom stereocenters. The van der Waals surface area contributed by atoms with Gasteiger partial charge >= 0.3 is 0 Å². The minimum Gasteiger partial charge on any atom is -0.497 e. The number of hydrogen-bond acceptors (Lipinski definition) is 3. The van der Waals surface area contributed by atoms with E-state index in [1.807, 2.05) is 11.3 Å². The molecule has 1 aliphatic carbocycles. The molecular weight excluding hydrogens is 254 g/mol. The number of thiophene rings is 1. The van der Waals surface area contributed by atoms with Crippen LogP contribution in [0.1, 0.15) is 34.9 Å². The first-order valence-corrected chi connectivity index (χ1v) is 7.67. The lowest BCUT2D eigenvalue weighted by Crippen LogP contribution is -2.24. The maximum atomic E-state index is 5.32. The van der Waals surface area contributed by atoms with Gasteiger partial charge in [-0.15, -0.1) is 11.3 Å². The molecule has 0 radical (unpaired) electrons. The average molecular weight is 273 g/mol. The van der Waals surface area contributed by atoms with Crippen LogP contribution in [0.4, 0.5) is 0 Å². The standard InChI is InChI=1S/C16H19NOS/c1-18-13-7-8-15-12(10-13)4-2-6-16(15)17-11-14-5-3-9-19-14/h3,5,7-10,16-17H,2,4,6,11H2,1H3. The highest BCUT2D eigenvalue weighted by atomic mass is 32.1. The van der Waals surface area contributed by atoms with Crippen LogP contribution < -0.4 is 10.1 Å². The van der Waals surface area contributed by atoms with E-state index < -0.39 is 0 Å². The van der Waals surface area contributed by atoms with Crippen LogP contribution in [0.25, 0.3) is 0 Å². The first-order chi connectivity index (χ1) is 9.36. The fourth-order valence-corrected chi connectivity index (χ4v) is 3.42. The van der Waals surface area contributed by atoms with E-state index in [-0.39, 0.29) is 0 Å². The average Bonchev–Trinajstić information content (AvgIpc) is 2.97. The van der Waals surface area contributed by atoms with E-state index in [0.717, 1.165) is 12.3 Å². The summed E-state index contributed by atoms with van der Waals surface area (Å²) in [7, 11) is 1.73. The van der Waals surface area contributed by atoms with Gasteiger partial charge in [0, 0.05) is 17.5 Å². The molecule has 2 nitrogen and oxygen atoms in total. The van der Waals surface area contributed by atoms with Crippen molar-refractivity contribution >= 4 is 11.3 Å². The molecule has 3 rings (SSSR count). The van der Waals surface area contributed by atoms with Crippen molar-refractivity contribution in [1.82, 2.24) is 5.32 Å². The zero-order chi connectivity index (χ0) is 13.1. The van der Waals surface area contributed by atoms with Gasteiger partial charge in [0.05, 0.1) is 7.11 Å². The summed E-state index contributed by atoms with van der Waals surface area (Å²) < 4.78 is 5.32. The lowest BCUT2D eigenvalue weighted by Gasteiger charge is -2.26. The molecule has 1 aromatic carbocycles. The predicted octanol–water partition coefficient (Wildman–Crippen LogP) is 3.92. The minimum atomic E-state index is 0.483. The topological polar surface area (TPSA) is 21.3 Å². The largest absolute Gasteiger partial charge is 0.497 e. The van der Waals surface area contributed by atoms with Crippen LogP contribution in [0.2, 0.25) is 0 Å². The monoisotopic (exact) mass is 273 g/mol. The lowest BCUT2D eigenvalue weighted by atomic mass is 9.87. The third kappa shape index (κ3) is 2.82. The predicted molar refractivity (Wildman–Crippen MR) is 79.8 cm³/mol. The Morgan fingerprint density at radius 1 is 1.37 bits per heavy atom. The molecule has 0 spiro atoms. The van der Waals surface area contributed by atoms with E-state index in [1.54, 1.807) is 7.11 Å². The fraction of sp³-hybridized carbons (Fsp3) is 0.375. The zero-order valence-corrected chi connectivity index (χ0v) is 12.0. The van der Waals surface area contributed by atoms with E-state index in [2.05, 4.69) is 41.0 Å². The van der Waals surface area contributed by atoms with Crippen LogP contribution in [-0.4, -0.2) is 7.11 Å². The number of hydrogen-bond donors (Lipinski definition) is 1. The summed E-state index contributed by atoms with van der Waals surface area (Å²) in [6, 6.07) is 11.3. The van der Waals surface area contributed by atoms with Gasteiger partial charge in [0.15, 0.2) is 0 Å². The van der Waals surface area contributed by atoms with Crippen LogP contribution in [0.5, 0.6) is 5.75 Å². The second kappa shape index (κ2) is 5.76. The number of nitrogens with one attached hydrogen (secondary N) is 1. The number of rotatable bonds is 4. The summed E-state index contributed by atoms with van der Waals surface area (Å²) in [4.78, 5) is 1.40. The quantitative estimate of drug-likeness (QED) is 0.911. The molecule has 1 atom stereocenters. The molecule has 0 saturated heterocycles. The molecule has 2 aromatic rings. The molecule has 0 amide bonds. The van der Waals surface area contributed by atoms with E-state index in [4.69, 9.17) is 4.74 Å². The van der Waals surface area contributed by atoms with E-state index in [1.165, 1.54) is 35.3 Å². The van der Waals surface area contributed by atoms with Crippen LogP contribution >= 0.6 is 11.3 Å². The highest BCUT2D eigenvalue weighted by Crippen LogP contribution is 2.32. The first-order valence-electron chi connectivity index (χ1n) is 6.79. The summed E-state index contributed by atoms with van der Waals surface area (Å²) >= 11 is 1.82. The van der Waals surface area contributed by atoms with Crippen LogP contribution in [0.3, 0.4) is 0 Å². The van der Waals surface area contributed by atoms with Gasteiger partial charge in [-0.25, -0.2) is 0 Å². The molecule has 1 N–H and O–H groups in total. The molecule has 1 aromatic heterocycles. The van der Waals surface area contributed by atoms with Crippen LogP contribution in [0, 0.1) is 0 Å². The Hall–Kier alpha value is -1.32. The molecular formula is C16H19NOS. The third-order valence-corrected chi connectivity index (χ3v) is 4.64. The molecule has 19 heavy (non-hydrogen) atoms. The Morgan fingerprint density at radius 2 is 2.32 bits per heavy atom. The summed E-state index contributed by atoms with van der Waals surface area (Å²) in [6.07, 6.45) is 3.65. The van der Waals surface area contributed by atoms with Gasteiger partial charge in [-0.1, -0.05) is 12.1 Å². The van der Waals surface area contributed by atoms with Crippen molar-refractivity contribution in [3.05, 3.63) is 51.7 Å². The smallest absolute Gasteiger partial charge is 0.119 e. The lowest BCUT2D eigenvalue weighted by molar-refractivity contribution is 0.410. The number of benzene rings is 1. The molecule has 1 aliphatic rings. The summed E-state index contributed by atoms with van der Waals surface area (Å²) in [5, 5.41) is 5.82. The Kier molecular flexibility index (Phi) is 3.85. The third-order valence-electron chi connectivity index (χ3n) is 3.77. The van der Waals surface area contributed by atoms with Gasteiger partial charge in [0.2, 0.25) is 0 Å². The number of methoxy groups -OCH3 is 1. The van der Waals surface area contributed by atoms with Crippen molar-refractivity contribution in [2.24, 2.45) is 0 Å². The maximum absolute atomic E-state index is 5.32. The SMILES string of the molecule is COc1ccc2c(c1)CCCC2NCc1cccs1. The van der Waals surface area contributed by atoms with Crippen LogP contribution in [-0.2, 0) is 13.0 Å². The minimum absolute atomic E-state index is 0.483. The van der Waals surface area contributed by atoms with Crippen molar-refractivity contribution in [3.8, 4) is 5.75 Å². The molecule has 100 valence electrons. The second-order valence-corrected chi connectivity index (χ2v) is 6.00. The normalized spacial score (nSPS) is 18.1. The molecule has 1 heterocycles. The molecule has 3 heteroatoms. The number of ether oxygens (including phenoxy) is 1. The van der Waals surface area contributed by atoms with E-state index in [0.29, 0.717) is 6.04 Å². The second-order valence-electron chi connectivity index (χ2n) is 4.97. The number of fused-ring (bicyclic) bond motifs is 1. The first kappa shape index (κ1) is 12.7. The highest BCUT2D eigenvalue weighted by molar-refractivity contribution is 7.09. The van der Waals surface area contributed by atoms with Crippen molar-refractivity contribution < 1.29 is 4.74 Å². The van der Waals surface area contributed by atoms with Crippen molar-refractivity contribution in [2.75, 3.05) is 7.11 Å². The van der Waals surface area contributed by atoms with Gasteiger partial charge < -0.3 is 10.1 Å². The van der Waals surface area contributed by atoms with Crippen molar-refractivity contribution in [1.29, 1.82) is 0 Å². The zero-order valence-electron chi connectivity index (χ0n) is 11.2. The maximum Gasteiger partial charge on any atom is 0.119 e. The molecule has 0 aliphatic heterocycles. The van der Waals surface area contributed by atoms with Gasteiger partial charge in [-0.3, -0.25) is 0 Å². The summed E-state index contributed by atoms with van der Waals surface area (Å²) in [5.74, 6) is 0.970. The van der Waals surface area contributed by atoms with Gasteiger partial charge in [0.25, 0.3) is 0 Å². The summed E-state index contributed by atoms with van der Waals surface area (Å²) in [5.41, 5.74) is 2.89. The van der Waals surface area contributed by atoms with Crippen molar-refractivity contribution in [3.63, 3.8) is 0 Å². The van der Waals surface area contributed by atoms with E-state index in [9.17, 15) is 0 Å². The molecule has 0 saturated carbocycles. The van der Waals surface area contributed by atoms with Gasteiger partial charge in [-0.2, -0.15) is 0 Å². The molecule has 0 bridgehead atoms. The molecule has 0 fully saturated rings. The van der Waals surface area contributed by atoms with E-state index >= 15 is 0 Å². The Labute approximate surface area is 118 Å². The Morgan fingerprint density at radius 3 is 3.11 bits per heavy atom.